The first-order valence-corrected chi connectivity index (χ1v) is 6.58. The standard InChI is InChI=1S/C13H14ClF3N2O/c14-11-3-1-9(2-4-11)10-5-6-19(7-10)12(20)18-8-13(15,16)17/h1-4,10H,5-8H2,(H,18,20). The maximum Gasteiger partial charge on any atom is 0.405 e. The van der Waals surface area contributed by atoms with Crippen LogP contribution in [0.5, 0.6) is 0 Å². The number of hydrogen-bond acceptors (Lipinski definition) is 1. The molecule has 1 aliphatic rings. The molecule has 1 fully saturated rings. The van der Waals surface area contributed by atoms with Gasteiger partial charge in [0.25, 0.3) is 0 Å². The van der Waals surface area contributed by atoms with Crippen LogP contribution in [0.15, 0.2) is 24.3 Å². The molecule has 1 aromatic rings. The van der Waals surface area contributed by atoms with Crippen LogP contribution < -0.4 is 5.32 Å². The minimum atomic E-state index is -4.38. The number of likely N-dealkylation sites (tertiary alicyclic amines) is 1. The third-order valence-corrected chi connectivity index (χ3v) is 3.51. The fraction of sp³-hybridized carbons (Fsp3) is 0.462. The highest BCUT2D eigenvalue weighted by Crippen LogP contribution is 2.28. The Morgan fingerprint density at radius 1 is 1.35 bits per heavy atom. The van der Waals surface area contributed by atoms with Gasteiger partial charge in [-0.15, -0.1) is 0 Å². The summed E-state index contributed by atoms with van der Waals surface area (Å²) >= 11 is 5.80. The smallest absolute Gasteiger partial charge is 0.329 e. The van der Waals surface area contributed by atoms with Crippen molar-refractivity contribution in [3.8, 4) is 0 Å². The minimum Gasteiger partial charge on any atom is -0.329 e. The van der Waals surface area contributed by atoms with Crippen molar-refractivity contribution in [3.05, 3.63) is 34.9 Å². The van der Waals surface area contributed by atoms with Gasteiger partial charge < -0.3 is 10.2 Å². The number of benzene rings is 1. The summed E-state index contributed by atoms with van der Waals surface area (Å²) in [5.41, 5.74) is 1.04. The van der Waals surface area contributed by atoms with E-state index in [1.54, 1.807) is 12.1 Å². The second-order valence-electron chi connectivity index (χ2n) is 4.76. The van der Waals surface area contributed by atoms with Crippen LogP contribution >= 0.6 is 11.6 Å². The van der Waals surface area contributed by atoms with E-state index < -0.39 is 18.8 Å². The summed E-state index contributed by atoms with van der Waals surface area (Å²) in [5.74, 6) is 0.143. The molecule has 2 rings (SSSR count). The van der Waals surface area contributed by atoms with E-state index in [4.69, 9.17) is 11.6 Å². The molecule has 3 nitrogen and oxygen atoms in total. The lowest BCUT2D eigenvalue weighted by Crippen LogP contribution is -2.42. The van der Waals surface area contributed by atoms with E-state index in [0.29, 0.717) is 18.1 Å². The molecule has 1 saturated heterocycles. The van der Waals surface area contributed by atoms with Gasteiger partial charge >= 0.3 is 12.2 Å². The van der Waals surface area contributed by atoms with Crippen molar-refractivity contribution in [1.82, 2.24) is 10.2 Å². The molecule has 1 atom stereocenters. The number of rotatable bonds is 2. The van der Waals surface area contributed by atoms with Crippen LogP contribution in [0.1, 0.15) is 17.9 Å². The summed E-state index contributed by atoms with van der Waals surface area (Å²) in [7, 11) is 0. The number of carbonyl (C=O) groups is 1. The Balaban J connectivity index is 1.88. The Kier molecular flexibility index (Phi) is 4.42. The van der Waals surface area contributed by atoms with E-state index in [0.717, 1.165) is 12.0 Å². The van der Waals surface area contributed by atoms with E-state index in [2.05, 4.69) is 0 Å². The predicted octanol–water partition coefficient (Wildman–Crippen LogP) is 3.40. The number of amides is 2. The Hall–Kier alpha value is -1.43. The Morgan fingerprint density at radius 2 is 2.00 bits per heavy atom. The number of nitrogens with zero attached hydrogens (tertiary/aromatic N) is 1. The van der Waals surface area contributed by atoms with Crippen LogP contribution in [0.3, 0.4) is 0 Å². The fourth-order valence-electron chi connectivity index (χ4n) is 2.24. The molecule has 0 aliphatic carbocycles. The van der Waals surface area contributed by atoms with Gasteiger partial charge in [0, 0.05) is 24.0 Å². The second kappa shape index (κ2) is 5.91. The first-order valence-electron chi connectivity index (χ1n) is 6.20. The Labute approximate surface area is 119 Å². The van der Waals surface area contributed by atoms with Gasteiger partial charge in [0.1, 0.15) is 6.54 Å². The summed E-state index contributed by atoms with van der Waals surface area (Å²) in [6.07, 6.45) is -3.65. The van der Waals surface area contributed by atoms with Crippen molar-refractivity contribution < 1.29 is 18.0 Å². The molecular formula is C13H14ClF3N2O. The van der Waals surface area contributed by atoms with Crippen molar-refractivity contribution in [2.45, 2.75) is 18.5 Å². The average Bonchev–Trinajstić information content (AvgIpc) is 2.85. The lowest BCUT2D eigenvalue weighted by molar-refractivity contribution is -0.123. The zero-order valence-corrected chi connectivity index (χ0v) is 11.3. The maximum atomic E-state index is 12.0. The van der Waals surface area contributed by atoms with Crippen molar-refractivity contribution in [2.24, 2.45) is 0 Å². The molecule has 20 heavy (non-hydrogen) atoms. The van der Waals surface area contributed by atoms with E-state index in [-0.39, 0.29) is 5.92 Å². The molecule has 1 heterocycles. The molecule has 1 aliphatic heterocycles. The molecule has 2 amide bonds. The third-order valence-electron chi connectivity index (χ3n) is 3.26. The molecule has 0 saturated carbocycles. The van der Waals surface area contributed by atoms with Crippen LogP contribution in [0.25, 0.3) is 0 Å². The van der Waals surface area contributed by atoms with Gasteiger partial charge in [-0.25, -0.2) is 4.79 Å². The van der Waals surface area contributed by atoms with E-state index in [1.165, 1.54) is 4.90 Å². The molecular weight excluding hydrogens is 293 g/mol. The van der Waals surface area contributed by atoms with Gasteiger partial charge in [-0.1, -0.05) is 23.7 Å². The highest BCUT2D eigenvalue weighted by Gasteiger charge is 2.31. The quantitative estimate of drug-likeness (QED) is 0.892. The van der Waals surface area contributed by atoms with Crippen molar-refractivity contribution >= 4 is 17.6 Å². The monoisotopic (exact) mass is 306 g/mol. The first-order chi connectivity index (χ1) is 9.35. The SMILES string of the molecule is O=C(NCC(F)(F)F)N1CCC(c2ccc(Cl)cc2)C1. The van der Waals surface area contributed by atoms with Crippen molar-refractivity contribution in [1.29, 1.82) is 0 Å². The third kappa shape index (κ3) is 4.03. The molecule has 1 unspecified atom stereocenters. The van der Waals surface area contributed by atoms with E-state index in [9.17, 15) is 18.0 Å². The minimum absolute atomic E-state index is 0.143. The van der Waals surface area contributed by atoms with Crippen LogP contribution in [-0.2, 0) is 0 Å². The van der Waals surface area contributed by atoms with Crippen LogP contribution in [0, 0.1) is 0 Å². The highest BCUT2D eigenvalue weighted by atomic mass is 35.5. The average molecular weight is 307 g/mol. The number of carbonyl (C=O) groups excluding carboxylic acids is 1. The van der Waals surface area contributed by atoms with Gasteiger partial charge in [-0.05, 0) is 24.1 Å². The number of hydrogen-bond donors (Lipinski definition) is 1. The second-order valence-corrected chi connectivity index (χ2v) is 5.19. The molecule has 1 N–H and O–H groups in total. The summed E-state index contributed by atoms with van der Waals surface area (Å²) < 4.78 is 36.1. The molecule has 0 spiro atoms. The molecule has 7 heteroatoms. The molecule has 0 bridgehead atoms. The topological polar surface area (TPSA) is 32.3 Å². The summed E-state index contributed by atoms with van der Waals surface area (Å²) in [6.45, 7) is -0.420. The molecule has 110 valence electrons. The van der Waals surface area contributed by atoms with Crippen LogP contribution in [0.4, 0.5) is 18.0 Å². The fourth-order valence-corrected chi connectivity index (χ4v) is 2.37. The predicted molar refractivity (Wildman–Crippen MR) is 69.8 cm³/mol. The number of halogens is 4. The number of alkyl halides is 3. The lowest BCUT2D eigenvalue weighted by Gasteiger charge is -2.18. The van der Waals surface area contributed by atoms with Gasteiger partial charge in [0.15, 0.2) is 0 Å². The highest BCUT2D eigenvalue weighted by molar-refractivity contribution is 6.30. The number of urea groups is 1. The van der Waals surface area contributed by atoms with Crippen molar-refractivity contribution in [2.75, 3.05) is 19.6 Å². The summed E-state index contributed by atoms with van der Waals surface area (Å²) in [6, 6.07) is 6.62. The van der Waals surface area contributed by atoms with Crippen LogP contribution in [0.2, 0.25) is 5.02 Å². The lowest BCUT2D eigenvalue weighted by atomic mass is 9.99. The van der Waals surface area contributed by atoms with E-state index >= 15 is 0 Å². The van der Waals surface area contributed by atoms with Crippen molar-refractivity contribution in [3.63, 3.8) is 0 Å². The molecule has 0 radical (unpaired) electrons. The summed E-state index contributed by atoms with van der Waals surface area (Å²) in [4.78, 5) is 13.0. The molecule has 0 aromatic heterocycles. The Morgan fingerprint density at radius 3 is 2.60 bits per heavy atom. The largest absolute Gasteiger partial charge is 0.405 e. The van der Waals surface area contributed by atoms with Gasteiger partial charge in [0.05, 0.1) is 0 Å². The summed E-state index contributed by atoms with van der Waals surface area (Å²) in [5, 5.41) is 2.52. The molecule has 1 aromatic carbocycles. The number of nitrogens with one attached hydrogen (secondary N) is 1. The zero-order chi connectivity index (χ0) is 14.8. The normalized spacial score (nSPS) is 19.2. The van der Waals surface area contributed by atoms with Crippen LogP contribution in [-0.4, -0.2) is 36.7 Å². The van der Waals surface area contributed by atoms with Gasteiger partial charge in [0.2, 0.25) is 0 Å². The Bertz CT molecular complexity index is 475. The van der Waals surface area contributed by atoms with Gasteiger partial charge in [-0.3, -0.25) is 0 Å². The zero-order valence-electron chi connectivity index (χ0n) is 10.6. The maximum absolute atomic E-state index is 12.0. The first kappa shape index (κ1) is 15.0. The van der Waals surface area contributed by atoms with Gasteiger partial charge in [-0.2, -0.15) is 13.2 Å². The van der Waals surface area contributed by atoms with E-state index in [1.807, 2.05) is 17.4 Å².